The molecule has 0 radical (unpaired) electrons. The zero-order valence-corrected chi connectivity index (χ0v) is 10.1. The third kappa shape index (κ3) is 5.98. The van der Waals surface area contributed by atoms with Crippen molar-refractivity contribution >= 4 is 0 Å². The van der Waals surface area contributed by atoms with Crippen molar-refractivity contribution < 1.29 is 5.11 Å². The van der Waals surface area contributed by atoms with Gasteiger partial charge >= 0.3 is 0 Å². The van der Waals surface area contributed by atoms with Gasteiger partial charge in [-0.3, -0.25) is 0 Å². The predicted molar refractivity (Wildman–Crippen MR) is 63.4 cm³/mol. The minimum atomic E-state index is 0.231. The molecule has 0 unspecified atom stereocenters. The Morgan fingerprint density at radius 1 is 1.14 bits per heavy atom. The van der Waals surface area contributed by atoms with E-state index >= 15 is 0 Å². The molecular weight excluding hydrogens is 172 g/mol. The fourth-order valence-electron chi connectivity index (χ4n) is 1.48. The first-order chi connectivity index (χ1) is 6.61. The van der Waals surface area contributed by atoms with Gasteiger partial charge in [-0.25, -0.2) is 0 Å². The maximum atomic E-state index is 9.16. The molecule has 0 amide bonds. The summed E-state index contributed by atoms with van der Waals surface area (Å²) in [6.07, 6.45) is 6.60. The van der Waals surface area contributed by atoms with Crippen molar-refractivity contribution in [2.45, 2.75) is 53.4 Å². The Morgan fingerprint density at radius 2 is 1.79 bits per heavy atom. The quantitative estimate of drug-likeness (QED) is 0.640. The molecule has 0 aliphatic heterocycles. The van der Waals surface area contributed by atoms with Gasteiger partial charge in [0.1, 0.15) is 0 Å². The van der Waals surface area contributed by atoms with Crippen LogP contribution < -0.4 is 0 Å². The van der Waals surface area contributed by atoms with E-state index < -0.39 is 0 Å². The second-order valence-electron chi connectivity index (χ2n) is 4.11. The van der Waals surface area contributed by atoms with Gasteiger partial charge in [-0.1, -0.05) is 30.6 Å². The maximum Gasteiger partial charge on any atom is 0.0644 e. The van der Waals surface area contributed by atoms with E-state index in [1.54, 1.807) is 0 Å². The standard InChI is InChI=1S/C13H24O/c1-5-7-13(10-14)12(4)9-6-8-11(2)3/h8,14H,5-7,9-10H2,1-4H3/b13-12-. The number of hydrogen-bond donors (Lipinski definition) is 1. The van der Waals surface area contributed by atoms with Crippen molar-refractivity contribution in [3.63, 3.8) is 0 Å². The summed E-state index contributed by atoms with van der Waals surface area (Å²) in [4.78, 5) is 0. The average Bonchev–Trinajstić information content (AvgIpc) is 2.13. The Bertz CT molecular complexity index is 207. The highest BCUT2D eigenvalue weighted by atomic mass is 16.3. The number of allylic oxidation sites excluding steroid dienone is 3. The van der Waals surface area contributed by atoms with Crippen LogP contribution in [0.25, 0.3) is 0 Å². The zero-order valence-electron chi connectivity index (χ0n) is 10.1. The number of hydrogen-bond acceptors (Lipinski definition) is 1. The highest BCUT2D eigenvalue weighted by molar-refractivity contribution is 5.13. The van der Waals surface area contributed by atoms with Crippen molar-refractivity contribution in [3.8, 4) is 0 Å². The molecule has 0 aromatic rings. The summed E-state index contributed by atoms with van der Waals surface area (Å²) in [5.41, 5.74) is 3.97. The van der Waals surface area contributed by atoms with Crippen LogP contribution in [0.2, 0.25) is 0 Å². The van der Waals surface area contributed by atoms with E-state index in [2.05, 4.69) is 33.8 Å². The Hall–Kier alpha value is -0.560. The van der Waals surface area contributed by atoms with Crippen LogP contribution in [0.4, 0.5) is 0 Å². The van der Waals surface area contributed by atoms with Crippen molar-refractivity contribution in [1.82, 2.24) is 0 Å². The summed E-state index contributed by atoms with van der Waals surface area (Å²) in [5.74, 6) is 0. The minimum absolute atomic E-state index is 0.231. The summed E-state index contributed by atoms with van der Waals surface area (Å²) in [6.45, 7) is 8.77. The van der Waals surface area contributed by atoms with Crippen LogP contribution in [0.5, 0.6) is 0 Å². The Labute approximate surface area is 88.5 Å². The molecule has 14 heavy (non-hydrogen) atoms. The van der Waals surface area contributed by atoms with Crippen molar-refractivity contribution in [2.24, 2.45) is 0 Å². The molecule has 0 aliphatic rings. The van der Waals surface area contributed by atoms with Crippen molar-refractivity contribution in [3.05, 3.63) is 22.8 Å². The van der Waals surface area contributed by atoms with Gasteiger partial charge in [-0.2, -0.15) is 0 Å². The fourth-order valence-corrected chi connectivity index (χ4v) is 1.48. The van der Waals surface area contributed by atoms with Gasteiger partial charge in [0.05, 0.1) is 6.61 Å². The monoisotopic (exact) mass is 196 g/mol. The van der Waals surface area contributed by atoms with Gasteiger partial charge in [0.25, 0.3) is 0 Å². The van der Waals surface area contributed by atoms with E-state index in [4.69, 9.17) is 5.11 Å². The fraction of sp³-hybridized carbons (Fsp3) is 0.692. The van der Waals surface area contributed by atoms with E-state index in [1.807, 2.05) is 0 Å². The van der Waals surface area contributed by atoms with Gasteiger partial charge in [0.2, 0.25) is 0 Å². The highest BCUT2D eigenvalue weighted by Gasteiger charge is 1.99. The predicted octanol–water partition coefficient (Wildman–Crippen LogP) is 3.84. The largest absolute Gasteiger partial charge is 0.392 e. The van der Waals surface area contributed by atoms with Crippen LogP contribution in [-0.4, -0.2) is 11.7 Å². The lowest BCUT2D eigenvalue weighted by molar-refractivity contribution is 0.324. The van der Waals surface area contributed by atoms with Gasteiger partial charge in [-0.05, 0) is 45.6 Å². The van der Waals surface area contributed by atoms with E-state index in [1.165, 1.54) is 16.7 Å². The molecule has 82 valence electrons. The van der Waals surface area contributed by atoms with Gasteiger partial charge in [0.15, 0.2) is 0 Å². The molecule has 0 aliphatic carbocycles. The molecule has 0 spiro atoms. The highest BCUT2D eigenvalue weighted by Crippen LogP contribution is 2.15. The van der Waals surface area contributed by atoms with Gasteiger partial charge in [0, 0.05) is 0 Å². The molecule has 0 heterocycles. The molecule has 0 aromatic heterocycles. The van der Waals surface area contributed by atoms with Crippen LogP contribution in [0.15, 0.2) is 22.8 Å². The molecular formula is C13H24O. The number of rotatable bonds is 6. The Kier molecular flexibility index (Phi) is 7.50. The Balaban J connectivity index is 4.12. The van der Waals surface area contributed by atoms with Crippen LogP contribution in [-0.2, 0) is 0 Å². The van der Waals surface area contributed by atoms with Crippen molar-refractivity contribution in [2.75, 3.05) is 6.61 Å². The molecule has 0 bridgehead atoms. The first-order valence-corrected chi connectivity index (χ1v) is 5.53. The van der Waals surface area contributed by atoms with E-state index in [0.717, 1.165) is 25.7 Å². The molecule has 1 heteroatoms. The lowest BCUT2D eigenvalue weighted by atomic mass is 10.0. The second kappa shape index (κ2) is 7.81. The van der Waals surface area contributed by atoms with E-state index in [9.17, 15) is 0 Å². The molecule has 1 nitrogen and oxygen atoms in total. The van der Waals surface area contributed by atoms with E-state index in [-0.39, 0.29) is 6.61 Å². The second-order valence-corrected chi connectivity index (χ2v) is 4.11. The summed E-state index contributed by atoms with van der Waals surface area (Å²) in [6, 6.07) is 0. The summed E-state index contributed by atoms with van der Waals surface area (Å²) < 4.78 is 0. The van der Waals surface area contributed by atoms with E-state index in [0.29, 0.717) is 0 Å². The molecule has 0 rings (SSSR count). The number of aliphatic hydroxyl groups is 1. The van der Waals surface area contributed by atoms with Crippen molar-refractivity contribution in [1.29, 1.82) is 0 Å². The topological polar surface area (TPSA) is 20.2 Å². The molecule has 1 N–H and O–H groups in total. The molecule has 0 aromatic carbocycles. The molecule has 0 saturated heterocycles. The minimum Gasteiger partial charge on any atom is -0.392 e. The summed E-state index contributed by atoms with van der Waals surface area (Å²) in [7, 11) is 0. The van der Waals surface area contributed by atoms with Crippen LogP contribution >= 0.6 is 0 Å². The molecule has 0 atom stereocenters. The average molecular weight is 196 g/mol. The number of aliphatic hydroxyl groups excluding tert-OH is 1. The maximum absolute atomic E-state index is 9.16. The molecule has 0 fully saturated rings. The third-order valence-corrected chi connectivity index (χ3v) is 2.42. The normalized spacial score (nSPS) is 12.4. The summed E-state index contributed by atoms with van der Waals surface area (Å²) >= 11 is 0. The Morgan fingerprint density at radius 3 is 2.21 bits per heavy atom. The first-order valence-electron chi connectivity index (χ1n) is 5.53. The van der Waals surface area contributed by atoms with Crippen LogP contribution in [0.3, 0.4) is 0 Å². The lowest BCUT2D eigenvalue weighted by Crippen LogP contribution is -1.95. The van der Waals surface area contributed by atoms with Crippen LogP contribution in [0, 0.1) is 0 Å². The van der Waals surface area contributed by atoms with Gasteiger partial charge in [-0.15, -0.1) is 0 Å². The smallest absolute Gasteiger partial charge is 0.0644 e. The molecule has 0 saturated carbocycles. The SMILES string of the molecule is CCC/C(CO)=C(\C)CCC=C(C)C. The third-order valence-electron chi connectivity index (χ3n) is 2.42. The summed E-state index contributed by atoms with van der Waals surface area (Å²) in [5, 5.41) is 9.16. The lowest BCUT2D eigenvalue weighted by Gasteiger charge is -2.07. The van der Waals surface area contributed by atoms with Crippen LogP contribution in [0.1, 0.15) is 53.4 Å². The first kappa shape index (κ1) is 13.4. The van der Waals surface area contributed by atoms with Gasteiger partial charge < -0.3 is 5.11 Å². The zero-order chi connectivity index (χ0) is 11.0.